The normalized spacial score (nSPS) is 10.6. The molecule has 0 saturated heterocycles. The highest BCUT2D eigenvalue weighted by molar-refractivity contribution is 6.33. The second-order valence-corrected chi connectivity index (χ2v) is 4.47. The Morgan fingerprint density at radius 2 is 2.06 bits per heavy atom. The number of aromatic carboxylic acids is 1. The summed E-state index contributed by atoms with van der Waals surface area (Å²) in [6, 6.07) is 4.94. The second-order valence-electron chi connectivity index (χ2n) is 4.06. The molecule has 0 aliphatic rings. The largest absolute Gasteiger partial charge is 0.478 e. The second kappa shape index (κ2) is 6.50. The van der Waals surface area contributed by atoms with Gasteiger partial charge in [0.05, 0.1) is 10.6 Å². The predicted octanol–water partition coefficient (Wildman–Crippen LogP) is 3.89. The van der Waals surface area contributed by atoms with Crippen LogP contribution in [0.1, 0.15) is 37.0 Å². The Morgan fingerprint density at radius 1 is 1.41 bits per heavy atom. The molecule has 94 valence electrons. The van der Waals surface area contributed by atoms with Crippen molar-refractivity contribution >= 4 is 23.3 Å². The molecule has 17 heavy (non-hydrogen) atoms. The van der Waals surface area contributed by atoms with Crippen molar-refractivity contribution in [2.75, 3.05) is 11.9 Å². The summed E-state index contributed by atoms with van der Waals surface area (Å²) < 4.78 is 0. The number of hydrogen-bond acceptors (Lipinski definition) is 2. The van der Waals surface area contributed by atoms with E-state index in [1.807, 2.05) is 0 Å². The molecule has 0 heterocycles. The molecule has 0 aromatic heterocycles. The SMILES string of the molecule is CCC(CC)CNc1ccc(C(=O)O)c(Cl)c1. The first-order chi connectivity index (χ1) is 8.08. The summed E-state index contributed by atoms with van der Waals surface area (Å²) in [6.45, 7) is 5.21. The number of carboxylic acid groups (broad SMARTS) is 1. The van der Waals surface area contributed by atoms with Gasteiger partial charge in [-0.25, -0.2) is 4.79 Å². The molecule has 0 amide bonds. The maximum absolute atomic E-state index is 10.8. The van der Waals surface area contributed by atoms with Crippen molar-refractivity contribution in [3.05, 3.63) is 28.8 Å². The molecule has 0 bridgehead atoms. The van der Waals surface area contributed by atoms with Gasteiger partial charge in [-0.1, -0.05) is 38.3 Å². The van der Waals surface area contributed by atoms with E-state index in [-0.39, 0.29) is 10.6 Å². The van der Waals surface area contributed by atoms with Crippen LogP contribution in [0.15, 0.2) is 18.2 Å². The lowest BCUT2D eigenvalue weighted by molar-refractivity contribution is 0.0697. The topological polar surface area (TPSA) is 49.3 Å². The van der Waals surface area contributed by atoms with Gasteiger partial charge < -0.3 is 10.4 Å². The average molecular weight is 256 g/mol. The number of benzene rings is 1. The minimum Gasteiger partial charge on any atom is -0.478 e. The van der Waals surface area contributed by atoms with Gasteiger partial charge in [-0.05, 0) is 24.1 Å². The molecule has 0 radical (unpaired) electrons. The number of halogens is 1. The van der Waals surface area contributed by atoms with Crippen LogP contribution < -0.4 is 5.32 Å². The Morgan fingerprint density at radius 3 is 2.53 bits per heavy atom. The third kappa shape index (κ3) is 3.93. The fourth-order valence-electron chi connectivity index (χ4n) is 1.64. The smallest absolute Gasteiger partial charge is 0.337 e. The summed E-state index contributed by atoms with van der Waals surface area (Å²) >= 11 is 5.89. The monoisotopic (exact) mass is 255 g/mol. The van der Waals surface area contributed by atoms with Gasteiger partial charge in [0.25, 0.3) is 0 Å². The first kappa shape index (κ1) is 13.8. The van der Waals surface area contributed by atoms with Crippen LogP contribution in [0.5, 0.6) is 0 Å². The predicted molar refractivity (Wildman–Crippen MR) is 71.0 cm³/mol. The van der Waals surface area contributed by atoms with Crippen LogP contribution in [-0.2, 0) is 0 Å². The van der Waals surface area contributed by atoms with E-state index in [2.05, 4.69) is 19.2 Å². The Bertz CT molecular complexity index is 389. The van der Waals surface area contributed by atoms with E-state index < -0.39 is 5.97 Å². The summed E-state index contributed by atoms with van der Waals surface area (Å²) in [6.07, 6.45) is 2.26. The van der Waals surface area contributed by atoms with E-state index in [0.29, 0.717) is 5.92 Å². The average Bonchev–Trinajstić information content (AvgIpc) is 2.30. The quantitative estimate of drug-likeness (QED) is 0.811. The number of hydrogen-bond donors (Lipinski definition) is 2. The lowest BCUT2D eigenvalue weighted by atomic mass is 10.0. The van der Waals surface area contributed by atoms with Gasteiger partial charge in [0.15, 0.2) is 0 Å². The van der Waals surface area contributed by atoms with Crippen molar-refractivity contribution in [3.8, 4) is 0 Å². The molecule has 3 nitrogen and oxygen atoms in total. The molecule has 0 unspecified atom stereocenters. The number of nitrogens with one attached hydrogen (secondary N) is 1. The van der Waals surface area contributed by atoms with Gasteiger partial charge in [-0.15, -0.1) is 0 Å². The summed E-state index contributed by atoms with van der Waals surface area (Å²) in [5, 5.41) is 12.4. The zero-order valence-electron chi connectivity index (χ0n) is 10.2. The first-order valence-electron chi connectivity index (χ1n) is 5.85. The maximum Gasteiger partial charge on any atom is 0.337 e. The highest BCUT2D eigenvalue weighted by atomic mass is 35.5. The molecular weight excluding hydrogens is 238 g/mol. The van der Waals surface area contributed by atoms with E-state index in [9.17, 15) is 4.79 Å². The summed E-state index contributed by atoms with van der Waals surface area (Å²) in [5.41, 5.74) is 1.01. The van der Waals surface area contributed by atoms with E-state index in [0.717, 1.165) is 25.1 Å². The fraction of sp³-hybridized carbons (Fsp3) is 0.462. The fourth-order valence-corrected chi connectivity index (χ4v) is 1.90. The van der Waals surface area contributed by atoms with Gasteiger partial charge in [0.1, 0.15) is 0 Å². The van der Waals surface area contributed by atoms with E-state index >= 15 is 0 Å². The number of anilines is 1. The summed E-state index contributed by atoms with van der Waals surface area (Å²) in [7, 11) is 0. The number of carboxylic acids is 1. The Hall–Kier alpha value is -1.22. The third-order valence-electron chi connectivity index (χ3n) is 2.95. The molecule has 0 aliphatic carbocycles. The van der Waals surface area contributed by atoms with E-state index in [4.69, 9.17) is 16.7 Å². The standard InChI is InChI=1S/C13H18ClNO2/c1-3-9(4-2)8-15-10-5-6-11(13(16)17)12(14)7-10/h5-7,9,15H,3-4,8H2,1-2H3,(H,16,17). The van der Waals surface area contributed by atoms with Crippen LogP contribution >= 0.6 is 11.6 Å². The zero-order chi connectivity index (χ0) is 12.8. The van der Waals surface area contributed by atoms with Gasteiger partial charge in [-0.2, -0.15) is 0 Å². The van der Waals surface area contributed by atoms with Crippen LogP contribution in [0.25, 0.3) is 0 Å². The van der Waals surface area contributed by atoms with Crippen molar-refractivity contribution < 1.29 is 9.90 Å². The minimum atomic E-state index is -0.999. The van der Waals surface area contributed by atoms with Crippen molar-refractivity contribution in [2.24, 2.45) is 5.92 Å². The van der Waals surface area contributed by atoms with Crippen LogP contribution in [0.2, 0.25) is 5.02 Å². The molecule has 1 aromatic carbocycles. The first-order valence-corrected chi connectivity index (χ1v) is 6.23. The summed E-state index contributed by atoms with van der Waals surface area (Å²) in [5.74, 6) is -0.366. The van der Waals surface area contributed by atoms with E-state index in [1.165, 1.54) is 6.07 Å². The lowest BCUT2D eigenvalue weighted by Crippen LogP contribution is -2.12. The van der Waals surface area contributed by atoms with Crippen LogP contribution in [-0.4, -0.2) is 17.6 Å². The molecule has 0 fully saturated rings. The minimum absolute atomic E-state index is 0.139. The maximum atomic E-state index is 10.8. The highest BCUT2D eigenvalue weighted by Crippen LogP contribution is 2.21. The molecule has 0 saturated carbocycles. The van der Waals surface area contributed by atoms with Crippen molar-refractivity contribution in [1.82, 2.24) is 0 Å². The van der Waals surface area contributed by atoms with Gasteiger partial charge in [0.2, 0.25) is 0 Å². The molecule has 4 heteroatoms. The molecular formula is C13H18ClNO2. The lowest BCUT2D eigenvalue weighted by Gasteiger charge is -2.14. The van der Waals surface area contributed by atoms with Gasteiger partial charge in [0, 0.05) is 12.2 Å². The third-order valence-corrected chi connectivity index (χ3v) is 3.26. The number of rotatable bonds is 6. The van der Waals surface area contributed by atoms with Crippen LogP contribution in [0.4, 0.5) is 5.69 Å². The number of carbonyl (C=O) groups is 1. The molecule has 0 aliphatic heterocycles. The molecule has 1 aromatic rings. The Kier molecular flexibility index (Phi) is 5.29. The van der Waals surface area contributed by atoms with Crippen molar-refractivity contribution in [2.45, 2.75) is 26.7 Å². The van der Waals surface area contributed by atoms with Crippen molar-refractivity contribution in [3.63, 3.8) is 0 Å². The Balaban J connectivity index is 2.67. The Labute approximate surface area is 107 Å². The van der Waals surface area contributed by atoms with Gasteiger partial charge in [-0.3, -0.25) is 0 Å². The zero-order valence-corrected chi connectivity index (χ0v) is 10.9. The van der Waals surface area contributed by atoms with E-state index in [1.54, 1.807) is 12.1 Å². The van der Waals surface area contributed by atoms with Crippen molar-refractivity contribution in [1.29, 1.82) is 0 Å². The van der Waals surface area contributed by atoms with Gasteiger partial charge >= 0.3 is 5.97 Å². The molecule has 1 rings (SSSR count). The van der Waals surface area contributed by atoms with Crippen LogP contribution in [0, 0.1) is 5.92 Å². The molecule has 0 atom stereocenters. The highest BCUT2D eigenvalue weighted by Gasteiger charge is 2.09. The molecule has 0 spiro atoms. The summed E-state index contributed by atoms with van der Waals surface area (Å²) in [4.78, 5) is 10.8. The van der Waals surface area contributed by atoms with Crippen LogP contribution in [0.3, 0.4) is 0 Å². The molecule has 2 N–H and O–H groups in total.